The highest BCUT2D eigenvalue weighted by molar-refractivity contribution is 14.1. The van der Waals surface area contributed by atoms with Crippen LogP contribution in [0.15, 0.2) is 71.9 Å². The van der Waals surface area contributed by atoms with Gasteiger partial charge in [0.05, 0.1) is 35.3 Å². The molecule has 0 aliphatic carbocycles. The molecule has 0 radical (unpaired) electrons. The van der Waals surface area contributed by atoms with Gasteiger partial charge in [0.15, 0.2) is 5.16 Å². The number of nitrogens with zero attached hydrogens (tertiary/aromatic N) is 2. The van der Waals surface area contributed by atoms with Crippen LogP contribution in [-0.4, -0.2) is 22.1 Å². The highest BCUT2D eigenvalue weighted by atomic mass is 127. The van der Waals surface area contributed by atoms with Crippen molar-refractivity contribution in [1.82, 2.24) is 9.55 Å². The number of halogens is 4. The van der Waals surface area contributed by atoms with Crippen LogP contribution < -0.4 is 0 Å². The Labute approximate surface area is 212 Å². The average Bonchev–Trinajstić information content (AvgIpc) is 3.15. The largest absolute Gasteiger partial charge is 0.462 e. The molecule has 176 valence electrons. The summed E-state index contributed by atoms with van der Waals surface area (Å²) in [7, 11) is 0. The van der Waals surface area contributed by atoms with Gasteiger partial charge in [-0.3, -0.25) is 0 Å². The lowest BCUT2D eigenvalue weighted by Crippen LogP contribution is -2.06. The van der Waals surface area contributed by atoms with E-state index >= 15 is 0 Å². The number of benzene rings is 3. The molecule has 0 unspecified atom stereocenters. The molecule has 0 fully saturated rings. The number of carbonyl (C=O) groups excluding carboxylic acids is 1. The molecule has 0 aliphatic rings. The smallest absolute Gasteiger partial charge is 0.416 e. The molecule has 0 amide bonds. The molecule has 0 bridgehead atoms. The molecule has 0 aliphatic heterocycles. The number of aromatic nitrogens is 2. The van der Waals surface area contributed by atoms with E-state index in [9.17, 15) is 18.0 Å². The summed E-state index contributed by atoms with van der Waals surface area (Å²) in [5.74, 6) is 0.259. The molecule has 4 rings (SSSR count). The summed E-state index contributed by atoms with van der Waals surface area (Å²) < 4.78 is 47.1. The Kier molecular flexibility index (Phi) is 7.51. The quantitative estimate of drug-likeness (QED) is 0.129. The number of ether oxygens (including phenoxy) is 1. The Morgan fingerprint density at radius 1 is 1.09 bits per heavy atom. The van der Waals surface area contributed by atoms with E-state index in [-0.39, 0.29) is 6.61 Å². The molecule has 0 N–H and O–H groups in total. The van der Waals surface area contributed by atoms with Crippen molar-refractivity contribution < 1.29 is 22.7 Å². The third kappa shape index (κ3) is 5.57. The van der Waals surface area contributed by atoms with Gasteiger partial charge in [0.25, 0.3) is 0 Å². The van der Waals surface area contributed by atoms with E-state index < -0.39 is 17.7 Å². The topological polar surface area (TPSA) is 44.1 Å². The number of imidazole rings is 1. The van der Waals surface area contributed by atoms with Crippen molar-refractivity contribution in [2.75, 3.05) is 6.61 Å². The first-order chi connectivity index (χ1) is 16.3. The average molecular weight is 596 g/mol. The van der Waals surface area contributed by atoms with E-state index in [1.54, 1.807) is 36.9 Å². The van der Waals surface area contributed by atoms with Crippen molar-refractivity contribution in [2.45, 2.75) is 30.6 Å². The van der Waals surface area contributed by atoms with Crippen molar-refractivity contribution >= 4 is 51.4 Å². The van der Waals surface area contributed by atoms with Crippen LogP contribution >= 0.6 is 34.4 Å². The van der Waals surface area contributed by atoms with Gasteiger partial charge < -0.3 is 9.30 Å². The molecule has 4 nitrogen and oxygen atoms in total. The highest BCUT2D eigenvalue weighted by Gasteiger charge is 2.30. The minimum Gasteiger partial charge on any atom is -0.462 e. The fraction of sp³-hybridized carbons (Fsp3) is 0.200. The Hall–Kier alpha value is -2.53. The fourth-order valence-corrected chi connectivity index (χ4v) is 5.31. The number of hydrogen-bond acceptors (Lipinski definition) is 4. The zero-order chi connectivity index (χ0) is 24.3. The number of hydrogen-bond donors (Lipinski definition) is 0. The maximum Gasteiger partial charge on any atom is 0.416 e. The molecule has 0 saturated carbocycles. The van der Waals surface area contributed by atoms with E-state index in [2.05, 4.69) is 28.7 Å². The first kappa shape index (κ1) is 24.6. The first-order valence-corrected chi connectivity index (χ1v) is 12.5. The summed E-state index contributed by atoms with van der Waals surface area (Å²) in [4.78, 5) is 16.9. The number of esters is 1. The van der Waals surface area contributed by atoms with Gasteiger partial charge in [0, 0.05) is 9.32 Å². The minimum atomic E-state index is -4.38. The van der Waals surface area contributed by atoms with E-state index in [1.807, 2.05) is 22.8 Å². The maximum atomic E-state index is 13.0. The first-order valence-electron chi connectivity index (χ1n) is 10.5. The van der Waals surface area contributed by atoms with Gasteiger partial charge in [-0.1, -0.05) is 42.1 Å². The summed E-state index contributed by atoms with van der Waals surface area (Å²) in [6, 6.07) is 18.4. The zero-order valence-corrected chi connectivity index (χ0v) is 21.1. The van der Waals surface area contributed by atoms with Crippen LogP contribution in [0.3, 0.4) is 0 Å². The third-order valence-corrected chi connectivity index (χ3v) is 7.24. The number of fused-ring (bicyclic) bond motifs is 1. The van der Waals surface area contributed by atoms with Crippen molar-refractivity contribution in [3.63, 3.8) is 0 Å². The standard InChI is InChI=1S/C25H20F3IN2O2S/c1-2-33-23(32)17-9-12-22-21(13-17)30-24(34-15-18-5-3-4-6-20(18)29)31(22)14-16-7-10-19(11-8-16)25(26,27)28/h3-13H,2,14-15H2,1H3. The second-order valence-electron chi connectivity index (χ2n) is 7.48. The molecule has 0 spiro atoms. The van der Waals surface area contributed by atoms with Crippen LogP contribution in [-0.2, 0) is 23.2 Å². The van der Waals surface area contributed by atoms with Gasteiger partial charge in [-0.05, 0) is 77.0 Å². The fourth-order valence-electron chi connectivity index (χ4n) is 3.45. The molecule has 0 saturated heterocycles. The van der Waals surface area contributed by atoms with Gasteiger partial charge in [-0.15, -0.1) is 0 Å². The molecule has 34 heavy (non-hydrogen) atoms. The maximum absolute atomic E-state index is 13.0. The Morgan fingerprint density at radius 2 is 1.82 bits per heavy atom. The van der Waals surface area contributed by atoms with Gasteiger partial charge in [-0.25, -0.2) is 9.78 Å². The summed E-state index contributed by atoms with van der Waals surface area (Å²) in [5.41, 5.74) is 3.02. The van der Waals surface area contributed by atoms with Gasteiger partial charge in [0.2, 0.25) is 0 Å². The third-order valence-electron chi connectivity index (χ3n) is 5.16. The number of carbonyl (C=O) groups is 1. The van der Waals surface area contributed by atoms with Crippen LogP contribution in [0.25, 0.3) is 11.0 Å². The van der Waals surface area contributed by atoms with Gasteiger partial charge >= 0.3 is 12.1 Å². The van der Waals surface area contributed by atoms with Crippen molar-refractivity contribution in [3.05, 3.63) is 92.6 Å². The molecule has 1 aromatic heterocycles. The number of rotatable bonds is 7. The van der Waals surface area contributed by atoms with Crippen LogP contribution in [0.5, 0.6) is 0 Å². The minimum absolute atomic E-state index is 0.274. The highest BCUT2D eigenvalue weighted by Crippen LogP contribution is 2.31. The van der Waals surface area contributed by atoms with Gasteiger partial charge in [-0.2, -0.15) is 13.2 Å². The molecule has 1 heterocycles. The predicted molar refractivity (Wildman–Crippen MR) is 135 cm³/mol. The Balaban J connectivity index is 1.70. The van der Waals surface area contributed by atoms with E-state index in [0.717, 1.165) is 37.5 Å². The van der Waals surface area contributed by atoms with Crippen LogP contribution in [0.1, 0.15) is 34.0 Å². The van der Waals surface area contributed by atoms with Crippen molar-refractivity contribution in [1.29, 1.82) is 0 Å². The second kappa shape index (κ2) is 10.4. The zero-order valence-electron chi connectivity index (χ0n) is 18.1. The van der Waals surface area contributed by atoms with Crippen molar-refractivity contribution in [3.8, 4) is 0 Å². The van der Waals surface area contributed by atoms with Crippen LogP contribution in [0, 0.1) is 3.57 Å². The lowest BCUT2D eigenvalue weighted by atomic mass is 10.1. The Morgan fingerprint density at radius 3 is 2.50 bits per heavy atom. The summed E-state index contributed by atoms with van der Waals surface area (Å²) >= 11 is 3.83. The molecular formula is C25H20F3IN2O2S. The molecule has 4 aromatic rings. The summed E-state index contributed by atoms with van der Waals surface area (Å²) in [6.07, 6.45) is -4.38. The molecular weight excluding hydrogens is 576 g/mol. The monoisotopic (exact) mass is 596 g/mol. The summed E-state index contributed by atoms with van der Waals surface area (Å²) in [6.45, 7) is 2.37. The summed E-state index contributed by atoms with van der Waals surface area (Å²) in [5, 5.41) is 0.718. The Bertz CT molecular complexity index is 1320. The SMILES string of the molecule is CCOC(=O)c1ccc2c(c1)nc(SCc1ccccc1I)n2Cc1ccc(C(F)(F)F)cc1. The number of alkyl halides is 3. The molecule has 9 heteroatoms. The number of thioether (sulfide) groups is 1. The second-order valence-corrected chi connectivity index (χ2v) is 9.58. The van der Waals surface area contributed by atoms with Crippen LogP contribution in [0.2, 0.25) is 0 Å². The normalized spacial score (nSPS) is 11.7. The molecule has 3 aromatic carbocycles. The van der Waals surface area contributed by atoms with E-state index in [4.69, 9.17) is 9.72 Å². The lowest BCUT2D eigenvalue weighted by molar-refractivity contribution is -0.137. The van der Waals surface area contributed by atoms with E-state index in [1.165, 1.54) is 12.1 Å². The lowest BCUT2D eigenvalue weighted by Gasteiger charge is -2.11. The van der Waals surface area contributed by atoms with Crippen LogP contribution in [0.4, 0.5) is 13.2 Å². The molecule has 0 atom stereocenters. The predicted octanol–water partition coefficient (Wildman–Crippen LogP) is 7.18. The van der Waals surface area contributed by atoms with Gasteiger partial charge in [0.1, 0.15) is 0 Å². The van der Waals surface area contributed by atoms with Crippen molar-refractivity contribution in [2.24, 2.45) is 0 Å². The van der Waals surface area contributed by atoms with E-state index in [0.29, 0.717) is 23.4 Å².